The molecular weight excluding hydrogens is 180 g/mol. The Balaban J connectivity index is 2.13. The Morgan fingerprint density at radius 1 is 1.07 bits per heavy atom. The van der Waals surface area contributed by atoms with E-state index in [0.717, 1.165) is 12.8 Å². The minimum atomic E-state index is -0.328. The number of hydrogen-bond acceptors (Lipinski definition) is 4. The fourth-order valence-corrected chi connectivity index (χ4v) is 1.41. The average molecular weight is 200 g/mol. The van der Waals surface area contributed by atoms with Crippen molar-refractivity contribution in [1.82, 2.24) is 0 Å². The molecule has 0 N–H and O–H groups in total. The van der Waals surface area contributed by atoms with Gasteiger partial charge >= 0.3 is 0 Å². The molecule has 0 aromatic rings. The third kappa shape index (κ3) is 5.17. The molecule has 1 aliphatic rings. The van der Waals surface area contributed by atoms with Gasteiger partial charge in [-0.3, -0.25) is 0 Å². The van der Waals surface area contributed by atoms with Gasteiger partial charge in [0, 0.05) is 0 Å². The Morgan fingerprint density at radius 3 is 2.29 bits per heavy atom. The molecule has 0 aromatic carbocycles. The molecule has 0 aliphatic heterocycles. The summed E-state index contributed by atoms with van der Waals surface area (Å²) in [5.41, 5.74) is -0.328. The van der Waals surface area contributed by atoms with Crippen LogP contribution in [0.25, 0.3) is 0 Å². The topological polar surface area (TPSA) is 43.2 Å². The van der Waals surface area contributed by atoms with Gasteiger partial charge in [0.2, 0.25) is 0 Å². The SMILES string of the molecule is CC(C)(C)OON=NC1CCCCC1. The molecule has 0 atom stereocenters. The van der Waals surface area contributed by atoms with E-state index in [1.807, 2.05) is 20.8 Å². The third-order valence-electron chi connectivity index (χ3n) is 2.11. The second-order valence-electron chi connectivity index (χ2n) is 4.76. The molecule has 1 aliphatic carbocycles. The molecule has 0 bridgehead atoms. The van der Waals surface area contributed by atoms with E-state index in [1.54, 1.807) is 0 Å². The lowest BCUT2D eigenvalue weighted by Crippen LogP contribution is -2.18. The highest BCUT2D eigenvalue weighted by Gasteiger charge is 2.14. The molecule has 0 radical (unpaired) electrons. The van der Waals surface area contributed by atoms with Crippen LogP contribution >= 0.6 is 0 Å². The number of hydrogen-bond donors (Lipinski definition) is 0. The zero-order valence-corrected chi connectivity index (χ0v) is 9.32. The first kappa shape index (κ1) is 11.4. The molecule has 4 nitrogen and oxygen atoms in total. The van der Waals surface area contributed by atoms with Crippen LogP contribution in [0.2, 0.25) is 0 Å². The van der Waals surface area contributed by atoms with Crippen molar-refractivity contribution in [2.75, 3.05) is 0 Å². The van der Waals surface area contributed by atoms with Gasteiger partial charge < -0.3 is 0 Å². The molecule has 0 aromatic heterocycles. The third-order valence-corrected chi connectivity index (χ3v) is 2.11. The number of nitrogens with zero attached hydrogens (tertiary/aromatic N) is 2. The first-order chi connectivity index (χ1) is 6.58. The fourth-order valence-electron chi connectivity index (χ4n) is 1.41. The quantitative estimate of drug-likeness (QED) is 0.398. The predicted octanol–water partition coefficient (Wildman–Crippen LogP) is 3.43. The maximum absolute atomic E-state index is 4.96. The van der Waals surface area contributed by atoms with Gasteiger partial charge in [0.05, 0.1) is 11.3 Å². The van der Waals surface area contributed by atoms with Crippen molar-refractivity contribution in [1.29, 1.82) is 0 Å². The lowest BCUT2D eigenvalue weighted by Gasteiger charge is -2.16. The van der Waals surface area contributed by atoms with E-state index < -0.39 is 0 Å². The maximum Gasteiger partial charge on any atom is 0.109 e. The summed E-state index contributed by atoms with van der Waals surface area (Å²) in [6.07, 6.45) is 6.09. The van der Waals surface area contributed by atoms with Crippen molar-refractivity contribution in [3.05, 3.63) is 0 Å². The van der Waals surface area contributed by atoms with Crippen molar-refractivity contribution < 1.29 is 9.88 Å². The van der Waals surface area contributed by atoms with Crippen molar-refractivity contribution >= 4 is 0 Å². The van der Waals surface area contributed by atoms with Gasteiger partial charge in [-0.2, -0.15) is 9.88 Å². The zero-order chi connectivity index (χ0) is 10.4. The van der Waals surface area contributed by atoms with Gasteiger partial charge in [-0.1, -0.05) is 19.3 Å². The summed E-state index contributed by atoms with van der Waals surface area (Å²) in [7, 11) is 0. The monoisotopic (exact) mass is 200 g/mol. The van der Waals surface area contributed by atoms with E-state index in [2.05, 4.69) is 15.4 Å². The Labute approximate surface area is 85.6 Å². The molecule has 0 spiro atoms. The van der Waals surface area contributed by atoms with Gasteiger partial charge in [-0.05, 0) is 33.6 Å². The van der Waals surface area contributed by atoms with Crippen molar-refractivity contribution in [2.45, 2.75) is 64.5 Å². The Morgan fingerprint density at radius 2 is 1.71 bits per heavy atom. The van der Waals surface area contributed by atoms with E-state index >= 15 is 0 Å². The van der Waals surface area contributed by atoms with Crippen LogP contribution < -0.4 is 0 Å². The molecule has 4 heteroatoms. The highest BCUT2D eigenvalue weighted by Crippen LogP contribution is 2.20. The van der Waals surface area contributed by atoms with Crippen LogP contribution in [0.4, 0.5) is 0 Å². The van der Waals surface area contributed by atoms with E-state index in [0.29, 0.717) is 6.04 Å². The van der Waals surface area contributed by atoms with Crippen LogP contribution in [0.1, 0.15) is 52.9 Å². The van der Waals surface area contributed by atoms with E-state index in [4.69, 9.17) is 4.89 Å². The average Bonchev–Trinajstić information content (AvgIpc) is 2.13. The zero-order valence-electron chi connectivity index (χ0n) is 9.32. The molecule has 82 valence electrons. The van der Waals surface area contributed by atoms with Crippen molar-refractivity contribution in [3.8, 4) is 0 Å². The molecule has 1 saturated carbocycles. The minimum absolute atomic E-state index is 0.328. The standard InChI is InChI=1S/C10H20N2O2/c1-10(2,3)13-14-12-11-9-7-5-4-6-8-9/h9H,4-8H2,1-3H3. The highest BCUT2D eigenvalue weighted by molar-refractivity contribution is 4.68. The Bertz CT molecular complexity index is 181. The van der Waals surface area contributed by atoms with Crippen LogP contribution in [-0.2, 0) is 9.88 Å². The number of rotatable bonds is 3. The van der Waals surface area contributed by atoms with Crippen LogP contribution in [0.5, 0.6) is 0 Å². The molecule has 0 unspecified atom stereocenters. The van der Waals surface area contributed by atoms with Crippen LogP contribution in [0.3, 0.4) is 0 Å². The van der Waals surface area contributed by atoms with Crippen LogP contribution in [0, 0.1) is 0 Å². The first-order valence-corrected chi connectivity index (χ1v) is 5.33. The lowest BCUT2D eigenvalue weighted by atomic mass is 9.96. The summed E-state index contributed by atoms with van der Waals surface area (Å²) < 4.78 is 0. The van der Waals surface area contributed by atoms with Crippen LogP contribution in [-0.4, -0.2) is 11.6 Å². The summed E-state index contributed by atoms with van der Waals surface area (Å²) in [6, 6.07) is 0.340. The molecular formula is C10H20N2O2. The molecule has 1 rings (SSSR count). The Hall–Kier alpha value is -0.640. The van der Waals surface area contributed by atoms with Gasteiger partial charge in [-0.25, -0.2) is 0 Å². The second kappa shape index (κ2) is 5.29. The van der Waals surface area contributed by atoms with E-state index in [1.165, 1.54) is 19.3 Å². The molecule has 14 heavy (non-hydrogen) atoms. The van der Waals surface area contributed by atoms with Gasteiger partial charge in [0.15, 0.2) is 0 Å². The normalized spacial score (nSPS) is 20.2. The summed E-state index contributed by atoms with van der Waals surface area (Å²) in [4.78, 5) is 9.62. The molecule has 1 fully saturated rings. The van der Waals surface area contributed by atoms with Crippen LogP contribution in [0.15, 0.2) is 10.4 Å². The molecule has 0 amide bonds. The summed E-state index contributed by atoms with van der Waals surface area (Å²) >= 11 is 0. The summed E-state index contributed by atoms with van der Waals surface area (Å²) in [5.74, 6) is 0. The molecule has 0 heterocycles. The van der Waals surface area contributed by atoms with Crippen molar-refractivity contribution in [3.63, 3.8) is 0 Å². The van der Waals surface area contributed by atoms with Gasteiger partial charge in [0.25, 0.3) is 0 Å². The predicted molar refractivity (Wildman–Crippen MR) is 53.7 cm³/mol. The smallest absolute Gasteiger partial charge is 0.109 e. The minimum Gasteiger partial charge on any atom is -0.200 e. The van der Waals surface area contributed by atoms with Crippen molar-refractivity contribution in [2.24, 2.45) is 10.4 Å². The Kier molecular flexibility index (Phi) is 4.32. The largest absolute Gasteiger partial charge is 0.200 e. The fraction of sp³-hybridized carbons (Fsp3) is 1.00. The summed E-state index contributed by atoms with van der Waals surface area (Å²) in [6.45, 7) is 5.72. The first-order valence-electron chi connectivity index (χ1n) is 5.33. The molecule has 0 saturated heterocycles. The van der Waals surface area contributed by atoms with Gasteiger partial charge in [-0.15, -0.1) is 5.11 Å². The maximum atomic E-state index is 4.96. The van der Waals surface area contributed by atoms with E-state index in [-0.39, 0.29) is 5.60 Å². The summed E-state index contributed by atoms with van der Waals surface area (Å²) in [5, 5.41) is 7.65. The second-order valence-corrected chi connectivity index (χ2v) is 4.76. The van der Waals surface area contributed by atoms with Gasteiger partial charge in [0.1, 0.15) is 5.60 Å². The highest BCUT2D eigenvalue weighted by atomic mass is 17.3. The lowest BCUT2D eigenvalue weighted by molar-refractivity contribution is -0.355. The van der Waals surface area contributed by atoms with E-state index in [9.17, 15) is 0 Å².